The number of aromatic carboxylic acids is 1. The molecule has 1 saturated heterocycles. The van der Waals surface area contributed by atoms with Gasteiger partial charge < -0.3 is 10.0 Å². The Morgan fingerprint density at radius 2 is 2.24 bits per heavy atom. The summed E-state index contributed by atoms with van der Waals surface area (Å²) in [5, 5.41) is 11.0. The standard InChI is InChI=1S/C12H12F3N3O2S/c13-12(14,15)7-2-1-3-17(6-7)9-8(10(19)20)18-4-5-21-11(18)16-9/h4-5,7H,1-3,6H2,(H,19,20). The molecular formula is C12H12F3N3O2S. The fraction of sp³-hybridized carbons (Fsp3) is 0.500. The van der Waals surface area contributed by atoms with Gasteiger partial charge in [0.25, 0.3) is 0 Å². The third kappa shape index (κ3) is 2.45. The van der Waals surface area contributed by atoms with E-state index in [4.69, 9.17) is 0 Å². The molecule has 9 heteroatoms. The molecule has 1 unspecified atom stereocenters. The second-order valence-electron chi connectivity index (χ2n) is 4.97. The molecule has 2 aromatic rings. The molecule has 3 heterocycles. The van der Waals surface area contributed by atoms with Gasteiger partial charge in [-0.2, -0.15) is 13.2 Å². The first-order chi connectivity index (χ1) is 9.88. The third-order valence-electron chi connectivity index (χ3n) is 3.63. The number of piperidine rings is 1. The van der Waals surface area contributed by atoms with Gasteiger partial charge in [0.1, 0.15) is 0 Å². The van der Waals surface area contributed by atoms with Crippen molar-refractivity contribution in [1.82, 2.24) is 9.38 Å². The van der Waals surface area contributed by atoms with E-state index in [1.807, 2.05) is 0 Å². The van der Waals surface area contributed by atoms with Crippen LogP contribution in [0.2, 0.25) is 0 Å². The van der Waals surface area contributed by atoms with E-state index in [0.29, 0.717) is 17.9 Å². The first kappa shape index (κ1) is 14.2. The van der Waals surface area contributed by atoms with Crippen LogP contribution in [0.3, 0.4) is 0 Å². The number of carboxylic acid groups (broad SMARTS) is 1. The maximum atomic E-state index is 12.9. The molecule has 1 atom stereocenters. The van der Waals surface area contributed by atoms with E-state index in [9.17, 15) is 23.1 Å². The summed E-state index contributed by atoms with van der Waals surface area (Å²) in [6.07, 6.45) is -2.26. The summed E-state index contributed by atoms with van der Waals surface area (Å²) >= 11 is 1.25. The van der Waals surface area contributed by atoms with Gasteiger partial charge in [0, 0.05) is 24.7 Å². The quantitative estimate of drug-likeness (QED) is 0.925. The van der Waals surface area contributed by atoms with Gasteiger partial charge >= 0.3 is 12.1 Å². The van der Waals surface area contributed by atoms with Crippen LogP contribution in [0.4, 0.5) is 19.0 Å². The molecule has 0 bridgehead atoms. The Hall–Kier alpha value is -1.77. The summed E-state index contributed by atoms with van der Waals surface area (Å²) in [6, 6.07) is 0. The molecule has 1 aliphatic heterocycles. The summed E-state index contributed by atoms with van der Waals surface area (Å²) in [4.78, 5) is 17.5. The summed E-state index contributed by atoms with van der Waals surface area (Å²) in [6.45, 7) is 0.145. The van der Waals surface area contributed by atoms with E-state index in [-0.39, 0.29) is 24.5 Å². The lowest BCUT2D eigenvalue weighted by molar-refractivity contribution is -0.176. The number of anilines is 1. The van der Waals surface area contributed by atoms with Crippen LogP contribution >= 0.6 is 11.3 Å². The molecule has 0 saturated carbocycles. The van der Waals surface area contributed by atoms with Gasteiger partial charge in [-0.3, -0.25) is 4.40 Å². The fourth-order valence-electron chi connectivity index (χ4n) is 2.63. The number of thiazole rings is 1. The lowest BCUT2D eigenvalue weighted by Gasteiger charge is -2.34. The van der Waals surface area contributed by atoms with Crippen LogP contribution in [0, 0.1) is 5.92 Å². The van der Waals surface area contributed by atoms with Crippen molar-refractivity contribution in [1.29, 1.82) is 0 Å². The third-order valence-corrected chi connectivity index (χ3v) is 4.39. The molecule has 5 nitrogen and oxygen atoms in total. The largest absolute Gasteiger partial charge is 0.476 e. The highest BCUT2D eigenvalue weighted by molar-refractivity contribution is 7.15. The van der Waals surface area contributed by atoms with E-state index in [1.165, 1.54) is 20.6 Å². The minimum atomic E-state index is -4.26. The Morgan fingerprint density at radius 1 is 1.48 bits per heavy atom. The van der Waals surface area contributed by atoms with Crippen LogP contribution in [-0.4, -0.2) is 39.7 Å². The number of halogens is 3. The normalized spacial score (nSPS) is 20.1. The molecule has 0 spiro atoms. The van der Waals surface area contributed by atoms with Gasteiger partial charge in [-0.1, -0.05) is 0 Å². The van der Waals surface area contributed by atoms with Crippen molar-refractivity contribution in [2.75, 3.05) is 18.0 Å². The predicted octanol–water partition coefficient (Wildman–Crippen LogP) is 2.87. The maximum absolute atomic E-state index is 12.9. The topological polar surface area (TPSA) is 57.8 Å². The Kier molecular flexibility index (Phi) is 3.31. The number of hydrogen-bond acceptors (Lipinski definition) is 4. The Morgan fingerprint density at radius 3 is 2.90 bits per heavy atom. The maximum Gasteiger partial charge on any atom is 0.393 e. The van der Waals surface area contributed by atoms with E-state index < -0.39 is 18.1 Å². The molecule has 2 aromatic heterocycles. The van der Waals surface area contributed by atoms with Crippen molar-refractivity contribution in [2.24, 2.45) is 5.92 Å². The number of carbonyl (C=O) groups is 1. The van der Waals surface area contributed by atoms with E-state index >= 15 is 0 Å². The van der Waals surface area contributed by atoms with Gasteiger partial charge in [-0.25, -0.2) is 9.78 Å². The van der Waals surface area contributed by atoms with Gasteiger partial charge in [0.05, 0.1) is 5.92 Å². The highest BCUT2D eigenvalue weighted by atomic mass is 32.1. The van der Waals surface area contributed by atoms with Gasteiger partial charge in [-0.05, 0) is 12.8 Å². The highest BCUT2D eigenvalue weighted by Gasteiger charge is 2.42. The second kappa shape index (κ2) is 4.90. The SMILES string of the molecule is O=C(O)c1c(N2CCCC(C(F)(F)F)C2)nc2sccn12. The molecule has 1 N–H and O–H groups in total. The number of fused-ring (bicyclic) bond motifs is 1. The summed E-state index contributed by atoms with van der Waals surface area (Å²) < 4.78 is 40.0. The molecule has 114 valence electrons. The predicted molar refractivity (Wildman–Crippen MR) is 71.0 cm³/mol. The highest BCUT2D eigenvalue weighted by Crippen LogP contribution is 2.36. The van der Waals surface area contributed by atoms with E-state index in [0.717, 1.165) is 0 Å². The van der Waals surface area contributed by atoms with Gasteiger partial charge in [0.2, 0.25) is 0 Å². The molecule has 1 aliphatic rings. The average molecular weight is 319 g/mol. The monoisotopic (exact) mass is 319 g/mol. The lowest BCUT2D eigenvalue weighted by Crippen LogP contribution is -2.42. The zero-order valence-corrected chi connectivity index (χ0v) is 11.6. The van der Waals surface area contributed by atoms with Crippen molar-refractivity contribution >= 4 is 28.1 Å². The number of aromatic nitrogens is 2. The zero-order chi connectivity index (χ0) is 15.2. The van der Waals surface area contributed by atoms with Gasteiger partial charge in [0.15, 0.2) is 16.5 Å². The van der Waals surface area contributed by atoms with Crippen LogP contribution < -0.4 is 4.90 Å². The summed E-state index contributed by atoms with van der Waals surface area (Å²) in [5.41, 5.74) is -0.0749. The number of alkyl halides is 3. The van der Waals surface area contributed by atoms with Crippen LogP contribution in [0.15, 0.2) is 11.6 Å². The molecule has 0 radical (unpaired) electrons. The Balaban J connectivity index is 1.98. The van der Waals surface area contributed by atoms with Crippen molar-refractivity contribution in [3.05, 3.63) is 17.3 Å². The molecule has 1 fully saturated rings. The Bertz CT molecular complexity index is 679. The second-order valence-corrected chi connectivity index (χ2v) is 5.84. The minimum Gasteiger partial charge on any atom is -0.476 e. The molecule has 0 aromatic carbocycles. The molecular weight excluding hydrogens is 307 g/mol. The van der Waals surface area contributed by atoms with E-state index in [1.54, 1.807) is 11.6 Å². The summed E-state index contributed by atoms with van der Waals surface area (Å²) in [5.74, 6) is -2.50. The fourth-order valence-corrected chi connectivity index (χ4v) is 3.34. The first-order valence-corrected chi connectivity index (χ1v) is 7.26. The average Bonchev–Trinajstić information content (AvgIpc) is 2.97. The number of rotatable bonds is 2. The van der Waals surface area contributed by atoms with Crippen molar-refractivity contribution < 1.29 is 23.1 Å². The van der Waals surface area contributed by atoms with Crippen LogP contribution in [0.5, 0.6) is 0 Å². The number of nitrogens with zero attached hydrogens (tertiary/aromatic N) is 3. The minimum absolute atomic E-state index is 0.0740. The number of imidazole rings is 1. The molecule has 0 amide bonds. The molecule has 3 rings (SSSR count). The van der Waals surface area contributed by atoms with Crippen LogP contribution in [0.1, 0.15) is 23.3 Å². The zero-order valence-electron chi connectivity index (χ0n) is 10.8. The van der Waals surface area contributed by atoms with E-state index in [2.05, 4.69) is 4.98 Å². The van der Waals surface area contributed by atoms with Crippen molar-refractivity contribution in [3.8, 4) is 0 Å². The van der Waals surface area contributed by atoms with Crippen molar-refractivity contribution in [3.63, 3.8) is 0 Å². The smallest absolute Gasteiger partial charge is 0.393 e. The van der Waals surface area contributed by atoms with Crippen molar-refractivity contribution in [2.45, 2.75) is 19.0 Å². The number of hydrogen-bond donors (Lipinski definition) is 1. The van der Waals surface area contributed by atoms with Crippen LogP contribution in [0.25, 0.3) is 4.96 Å². The van der Waals surface area contributed by atoms with Crippen LogP contribution in [-0.2, 0) is 0 Å². The lowest BCUT2D eigenvalue weighted by atomic mass is 9.97. The molecule has 21 heavy (non-hydrogen) atoms. The number of carboxylic acids is 1. The van der Waals surface area contributed by atoms with Gasteiger partial charge in [-0.15, -0.1) is 11.3 Å². The molecule has 0 aliphatic carbocycles. The Labute approximate surface area is 121 Å². The first-order valence-electron chi connectivity index (χ1n) is 6.38. The summed E-state index contributed by atoms with van der Waals surface area (Å²) in [7, 11) is 0.